The van der Waals surface area contributed by atoms with E-state index in [1.54, 1.807) is 0 Å². The molecule has 0 saturated heterocycles. The van der Waals surface area contributed by atoms with E-state index in [9.17, 15) is 0 Å². The predicted octanol–water partition coefficient (Wildman–Crippen LogP) is 12.3. The van der Waals surface area contributed by atoms with Crippen molar-refractivity contribution >= 4 is 43.5 Å². The van der Waals surface area contributed by atoms with Gasteiger partial charge in [0.2, 0.25) is 0 Å². The minimum absolute atomic E-state index is 0.525. The maximum atomic E-state index is 6.40. The van der Waals surface area contributed by atoms with Crippen molar-refractivity contribution < 1.29 is 4.42 Å². The first-order chi connectivity index (χ1) is 25.7. The SMILES string of the molecule is c1ccc(-c2nc(Cc3cccc4oc5ccc(-c6ccc7ccccc7c6)cc5c34)nc(-c3ccc(-c4ccc5ccccc5c4)cc3)n2)cc1. The summed E-state index contributed by atoms with van der Waals surface area (Å²) in [6.45, 7) is 0. The first-order valence-electron chi connectivity index (χ1n) is 17.6. The molecule has 2 aromatic heterocycles. The van der Waals surface area contributed by atoms with Crippen LogP contribution < -0.4 is 0 Å². The number of rotatable bonds is 6. The van der Waals surface area contributed by atoms with Crippen molar-refractivity contribution in [3.63, 3.8) is 0 Å². The van der Waals surface area contributed by atoms with Crippen LogP contribution in [0.1, 0.15) is 11.4 Å². The summed E-state index contributed by atoms with van der Waals surface area (Å²) in [7, 11) is 0. The first kappa shape index (κ1) is 30.0. The highest BCUT2D eigenvalue weighted by Gasteiger charge is 2.16. The van der Waals surface area contributed by atoms with Gasteiger partial charge >= 0.3 is 0 Å². The third kappa shape index (κ3) is 5.47. The monoisotopic (exact) mass is 665 g/mol. The molecule has 8 aromatic carbocycles. The Balaban J connectivity index is 1.05. The second-order valence-corrected chi connectivity index (χ2v) is 13.2. The second kappa shape index (κ2) is 12.4. The summed E-state index contributed by atoms with van der Waals surface area (Å²) in [5.41, 5.74) is 9.36. The second-order valence-electron chi connectivity index (χ2n) is 13.2. The molecule has 0 bridgehead atoms. The fraction of sp³-hybridized carbons (Fsp3) is 0.0208. The van der Waals surface area contributed by atoms with Crippen molar-refractivity contribution in [2.45, 2.75) is 6.42 Å². The molecule has 0 aliphatic rings. The van der Waals surface area contributed by atoms with Crippen molar-refractivity contribution in [2.24, 2.45) is 0 Å². The summed E-state index contributed by atoms with van der Waals surface area (Å²) >= 11 is 0. The molecule has 0 spiro atoms. The van der Waals surface area contributed by atoms with Crippen molar-refractivity contribution in [1.82, 2.24) is 15.0 Å². The quantitative estimate of drug-likeness (QED) is 0.177. The van der Waals surface area contributed by atoms with E-state index in [4.69, 9.17) is 19.4 Å². The van der Waals surface area contributed by atoms with Gasteiger partial charge in [0.1, 0.15) is 17.0 Å². The van der Waals surface area contributed by atoms with Gasteiger partial charge in [-0.3, -0.25) is 0 Å². The Bertz CT molecular complexity index is 2930. The maximum Gasteiger partial charge on any atom is 0.163 e. The van der Waals surface area contributed by atoms with Crippen molar-refractivity contribution in [2.75, 3.05) is 0 Å². The number of furan rings is 1. The molecule has 0 N–H and O–H groups in total. The molecule has 0 unspecified atom stereocenters. The highest BCUT2D eigenvalue weighted by atomic mass is 16.3. The molecule has 0 aliphatic heterocycles. The van der Waals surface area contributed by atoms with Crippen LogP contribution in [0.4, 0.5) is 0 Å². The number of aromatic nitrogens is 3. The van der Waals surface area contributed by atoms with Gasteiger partial charge < -0.3 is 4.42 Å². The minimum Gasteiger partial charge on any atom is -0.456 e. The number of benzene rings is 8. The predicted molar refractivity (Wildman–Crippen MR) is 213 cm³/mol. The molecule has 4 heteroatoms. The lowest BCUT2D eigenvalue weighted by Crippen LogP contribution is -2.04. The lowest BCUT2D eigenvalue weighted by molar-refractivity contribution is 0.668. The van der Waals surface area contributed by atoms with Crippen LogP contribution in [0.2, 0.25) is 0 Å². The van der Waals surface area contributed by atoms with Gasteiger partial charge in [-0.1, -0.05) is 146 Å². The molecule has 52 heavy (non-hydrogen) atoms. The summed E-state index contributed by atoms with van der Waals surface area (Å²) in [6, 6.07) is 61.5. The molecule has 10 aromatic rings. The summed E-state index contributed by atoms with van der Waals surface area (Å²) in [4.78, 5) is 15.1. The summed E-state index contributed by atoms with van der Waals surface area (Å²) < 4.78 is 6.40. The van der Waals surface area contributed by atoms with E-state index in [2.05, 4.69) is 140 Å². The highest BCUT2D eigenvalue weighted by Crippen LogP contribution is 2.36. The smallest absolute Gasteiger partial charge is 0.163 e. The number of nitrogens with zero attached hydrogens (tertiary/aromatic N) is 3. The van der Waals surface area contributed by atoms with Crippen LogP contribution in [-0.2, 0) is 6.42 Å². The average Bonchev–Trinajstić information content (AvgIpc) is 3.60. The third-order valence-corrected chi connectivity index (χ3v) is 9.95. The largest absolute Gasteiger partial charge is 0.456 e. The molecule has 10 rings (SSSR count). The molecular formula is C48H31N3O. The van der Waals surface area contributed by atoms with Crippen LogP contribution in [0.15, 0.2) is 180 Å². The molecule has 0 atom stereocenters. The molecule has 0 fully saturated rings. The topological polar surface area (TPSA) is 51.8 Å². The van der Waals surface area contributed by atoms with Gasteiger partial charge in [-0.25, -0.2) is 15.0 Å². The molecule has 2 heterocycles. The normalized spacial score (nSPS) is 11.5. The van der Waals surface area contributed by atoms with Gasteiger partial charge in [-0.2, -0.15) is 0 Å². The Morgan fingerprint density at radius 2 is 0.904 bits per heavy atom. The molecule has 0 radical (unpaired) electrons. The fourth-order valence-electron chi connectivity index (χ4n) is 7.29. The zero-order valence-electron chi connectivity index (χ0n) is 28.2. The number of fused-ring (bicyclic) bond motifs is 5. The van der Waals surface area contributed by atoms with Gasteiger partial charge in [0.05, 0.1) is 0 Å². The van der Waals surface area contributed by atoms with Gasteiger partial charge in [-0.05, 0) is 79.7 Å². The lowest BCUT2D eigenvalue weighted by Gasteiger charge is -2.10. The van der Waals surface area contributed by atoms with Crippen molar-refractivity contribution in [3.8, 4) is 45.0 Å². The van der Waals surface area contributed by atoms with E-state index >= 15 is 0 Å². The Morgan fingerprint density at radius 1 is 0.365 bits per heavy atom. The fourth-order valence-corrected chi connectivity index (χ4v) is 7.29. The van der Waals surface area contributed by atoms with Gasteiger partial charge in [0.25, 0.3) is 0 Å². The average molecular weight is 666 g/mol. The van der Waals surface area contributed by atoms with Crippen LogP contribution >= 0.6 is 0 Å². The van der Waals surface area contributed by atoms with Gasteiger partial charge in [0.15, 0.2) is 11.6 Å². The summed E-state index contributed by atoms with van der Waals surface area (Å²) in [6.07, 6.45) is 0.525. The van der Waals surface area contributed by atoms with Crippen LogP contribution in [0.5, 0.6) is 0 Å². The molecule has 0 amide bonds. The Hall–Kier alpha value is -6.91. The van der Waals surface area contributed by atoms with Gasteiger partial charge in [0, 0.05) is 28.3 Å². The maximum absolute atomic E-state index is 6.40. The highest BCUT2D eigenvalue weighted by molar-refractivity contribution is 6.08. The number of hydrogen-bond donors (Lipinski definition) is 0. The van der Waals surface area contributed by atoms with E-state index in [1.165, 1.54) is 32.7 Å². The van der Waals surface area contributed by atoms with Crippen LogP contribution in [0, 0.1) is 0 Å². The molecular weight excluding hydrogens is 635 g/mol. The molecule has 244 valence electrons. The third-order valence-electron chi connectivity index (χ3n) is 9.95. The lowest BCUT2D eigenvalue weighted by atomic mass is 9.98. The summed E-state index contributed by atoms with van der Waals surface area (Å²) in [5.74, 6) is 2.01. The number of hydrogen-bond acceptors (Lipinski definition) is 4. The minimum atomic E-state index is 0.525. The molecule has 0 aliphatic carbocycles. The zero-order valence-corrected chi connectivity index (χ0v) is 28.2. The van der Waals surface area contributed by atoms with Gasteiger partial charge in [-0.15, -0.1) is 0 Å². The van der Waals surface area contributed by atoms with E-state index < -0.39 is 0 Å². The Kier molecular flexibility index (Phi) is 7.17. The van der Waals surface area contributed by atoms with Crippen molar-refractivity contribution in [1.29, 1.82) is 0 Å². The summed E-state index contributed by atoms with van der Waals surface area (Å²) in [5, 5.41) is 7.08. The van der Waals surface area contributed by atoms with E-state index in [-0.39, 0.29) is 0 Å². The van der Waals surface area contributed by atoms with Crippen molar-refractivity contribution in [3.05, 3.63) is 187 Å². The molecule has 0 saturated carbocycles. The zero-order chi connectivity index (χ0) is 34.4. The van der Waals surface area contributed by atoms with E-state index in [1.807, 2.05) is 36.4 Å². The Morgan fingerprint density at radius 3 is 1.60 bits per heavy atom. The Labute approximate surface area is 300 Å². The van der Waals surface area contributed by atoms with Crippen LogP contribution in [0.3, 0.4) is 0 Å². The van der Waals surface area contributed by atoms with Crippen LogP contribution in [-0.4, -0.2) is 15.0 Å². The van der Waals surface area contributed by atoms with Crippen LogP contribution in [0.25, 0.3) is 88.5 Å². The first-order valence-corrected chi connectivity index (χ1v) is 17.6. The van der Waals surface area contributed by atoms with E-state index in [0.29, 0.717) is 23.9 Å². The molecule has 4 nitrogen and oxygen atoms in total. The van der Waals surface area contributed by atoms with E-state index in [0.717, 1.165) is 49.8 Å². The standard InChI is InChI=1S/C48H31N3O/c1-2-11-34(12-3-1)47-49-45(50-48(51-47)35-21-17-33(18-22-35)38-23-19-31-9-4-6-13-36(31)27-38)30-41-15-8-16-44-46(41)42-29-40(25-26-43(42)52-44)39-24-20-32-10-5-7-14-37(32)28-39/h1-29H,30H2.